The number of hydrogen-bond acceptors (Lipinski definition) is 5. The molecule has 2 N–H and O–H groups in total. The average molecular weight is 352 g/mol. The zero-order chi connectivity index (χ0) is 18.5. The predicted octanol–water partition coefficient (Wildman–Crippen LogP) is 2.86. The monoisotopic (exact) mass is 352 g/mol. The zero-order valence-corrected chi connectivity index (χ0v) is 15.4. The van der Waals surface area contributed by atoms with Crippen LogP contribution in [0.5, 0.6) is 0 Å². The van der Waals surface area contributed by atoms with Crippen LogP contribution in [0.25, 0.3) is 22.1 Å². The molecular weight excluding hydrogens is 328 g/mol. The maximum Gasteiger partial charge on any atom is 0.157 e. The molecule has 136 valence electrons. The fraction of sp³-hybridized carbons (Fsp3) is 0.526. The summed E-state index contributed by atoms with van der Waals surface area (Å²) in [5, 5.41) is 23.0. The van der Waals surface area contributed by atoms with Crippen LogP contribution in [0.15, 0.2) is 18.5 Å². The van der Waals surface area contributed by atoms with Crippen LogP contribution in [0.3, 0.4) is 0 Å². The number of hydrogen-bond donors (Lipinski definition) is 2. The number of nitrogens with zero attached hydrogens (tertiary/aromatic N) is 5. The molecular formula is C19H24N6O. The van der Waals surface area contributed by atoms with Crippen LogP contribution in [0.2, 0.25) is 0 Å². The maximum atomic E-state index is 10.3. The summed E-state index contributed by atoms with van der Waals surface area (Å²) < 4.78 is 2.06. The maximum absolute atomic E-state index is 10.3. The van der Waals surface area contributed by atoms with E-state index in [-0.39, 0.29) is 5.41 Å². The zero-order valence-electron chi connectivity index (χ0n) is 15.4. The van der Waals surface area contributed by atoms with Gasteiger partial charge in [0.15, 0.2) is 5.82 Å². The van der Waals surface area contributed by atoms with E-state index in [1.54, 1.807) is 13.1 Å². The normalized spacial score (nSPS) is 17.7. The van der Waals surface area contributed by atoms with E-state index < -0.39 is 6.10 Å². The summed E-state index contributed by atoms with van der Waals surface area (Å²) in [6, 6.07) is 4.45. The van der Waals surface area contributed by atoms with E-state index in [0.717, 1.165) is 48.0 Å². The highest BCUT2D eigenvalue weighted by Crippen LogP contribution is 2.35. The van der Waals surface area contributed by atoms with Gasteiger partial charge >= 0.3 is 0 Å². The van der Waals surface area contributed by atoms with Gasteiger partial charge in [-0.15, -0.1) is 0 Å². The van der Waals surface area contributed by atoms with Gasteiger partial charge in [0.25, 0.3) is 0 Å². The molecule has 4 heterocycles. The minimum absolute atomic E-state index is 0.311. The number of nitrogens with one attached hydrogen (secondary N) is 1. The van der Waals surface area contributed by atoms with Gasteiger partial charge in [-0.25, -0.2) is 14.6 Å². The fourth-order valence-corrected chi connectivity index (χ4v) is 4.01. The lowest BCUT2D eigenvalue weighted by Crippen LogP contribution is -2.45. The summed E-state index contributed by atoms with van der Waals surface area (Å²) in [6.45, 7) is 7.45. The van der Waals surface area contributed by atoms with Crippen molar-refractivity contribution in [3.05, 3.63) is 24.3 Å². The third kappa shape index (κ3) is 2.53. The number of aromatic nitrogens is 4. The Hall–Kier alpha value is -2.59. The van der Waals surface area contributed by atoms with Crippen LogP contribution in [-0.2, 0) is 0 Å². The van der Waals surface area contributed by atoms with Gasteiger partial charge in [0.1, 0.15) is 22.8 Å². The highest BCUT2D eigenvalue weighted by molar-refractivity contribution is 6.01. The summed E-state index contributed by atoms with van der Waals surface area (Å²) in [6.07, 6.45) is 4.84. The summed E-state index contributed by atoms with van der Waals surface area (Å²) in [5.74, 6) is 1.01. The third-order valence-corrected chi connectivity index (χ3v) is 5.64. The summed E-state index contributed by atoms with van der Waals surface area (Å²) in [4.78, 5) is 12.2. The summed E-state index contributed by atoms with van der Waals surface area (Å²) in [7, 11) is 0. The quantitative estimate of drug-likeness (QED) is 0.756. The molecule has 0 amide bonds. The predicted molar refractivity (Wildman–Crippen MR) is 100 cm³/mol. The van der Waals surface area contributed by atoms with Crippen molar-refractivity contribution in [1.82, 2.24) is 19.6 Å². The first-order valence-electron chi connectivity index (χ1n) is 9.11. The van der Waals surface area contributed by atoms with Crippen molar-refractivity contribution in [3.8, 4) is 6.07 Å². The number of aliphatic hydroxyl groups excluding tert-OH is 1. The number of piperidine rings is 1. The molecule has 0 aromatic carbocycles. The Morgan fingerprint density at radius 2 is 2.12 bits per heavy atom. The van der Waals surface area contributed by atoms with Crippen molar-refractivity contribution in [2.45, 2.75) is 39.7 Å². The molecule has 0 aliphatic carbocycles. The number of imidazole rings is 1. The molecule has 1 saturated heterocycles. The Bertz CT molecular complexity index is 985. The molecule has 1 atom stereocenters. The SMILES string of the molecule is CC(O)c1nc2cnc3[nH]ccc3c2n1N1CCC(C(C)(C)C#N)CC1. The number of aliphatic hydroxyl groups is 1. The van der Waals surface area contributed by atoms with Gasteiger partial charge in [-0.2, -0.15) is 5.26 Å². The molecule has 0 bridgehead atoms. The Morgan fingerprint density at radius 1 is 1.38 bits per heavy atom. The van der Waals surface area contributed by atoms with Crippen LogP contribution in [0.1, 0.15) is 45.5 Å². The first-order valence-corrected chi connectivity index (χ1v) is 9.11. The second kappa shape index (κ2) is 5.99. The van der Waals surface area contributed by atoms with E-state index in [1.165, 1.54) is 0 Å². The Morgan fingerprint density at radius 3 is 2.77 bits per heavy atom. The van der Waals surface area contributed by atoms with E-state index in [1.807, 2.05) is 26.1 Å². The topological polar surface area (TPSA) is 93.8 Å². The second-order valence-corrected chi connectivity index (χ2v) is 7.75. The molecule has 1 unspecified atom stereocenters. The molecule has 3 aromatic rings. The molecule has 7 nitrogen and oxygen atoms in total. The second-order valence-electron chi connectivity index (χ2n) is 7.75. The van der Waals surface area contributed by atoms with Gasteiger partial charge in [-0.3, -0.25) is 0 Å². The van der Waals surface area contributed by atoms with E-state index >= 15 is 0 Å². The Labute approximate surface area is 152 Å². The minimum Gasteiger partial charge on any atom is -0.385 e. The summed E-state index contributed by atoms with van der Waals surface area (Å²) in [5.41, 5.74) is 2.27. The smallest absolute Gasteiger partial charge is 0.157 e. The van der Waals surface area contributed by atoms with Crippen LogP contribution in [-0.4, -0.2) is 37.8 Å². The van der Waals surface area contributed by atoms with Crippen molar-refractivity contribution >= 4 is 22.1 Å². The van der Waals surface area contributed by atoms with Crippen LogP contribution < -0.4 is 5.01 Å². The van der Waals surface area contributed by atoms with Crippen LogP contribution in [0.4, 0.5) is 0 Å². The number of nitriles is 1. The first kappa shape index (κ1) is 16.9. The van der Waals surface area contributed by atoms with E-state index in [0.29, 0.717) is 11.7 Å². The molecule has 1 aliphatic rings. The lowest BCUT2D eigenvalue weighted by molar-refractivity contribution is 0.178. The van der Waals surface area contributed by atoms with Gasteiger partial charge in [0.2, 0.25) is 0 Å². The largest absolute Gasteiger partial charge is 0.385 e. The number of fused-ring (bicyclic) bond motifs is 3. The number of pyridine rings is 1. The molecule has 26 heavy (non-hydrogen) atoms. The van der Waals surface area contributed by atoms with Crippen molar-refractivity contribution in [2.24, 2.45) is 11.3 Å². The number of aromatic amines is 1. The highest BCUT2D eigenvalue weighted by atomic mass is 16.3. The van der Waals surface area contributed by atoms with E-state index in [4.69, 9.17) is 0 Å². The van der Waals surface area contributed by atoms with Crippen molar-refractivity contribution in [1.29, 1.82) is 5.26 Å². The Balaban J connectivity index is 1.78. The summed E-state index contributed by atoms with van der Waals surface area (Å²) >= 11 is 0. The van der Waals surface area contributed by atoms with Crippen molar-refractivity contribution in [3.63, 3.8) is 0 Å². The molecule has 0 saturated carbocycles. The van der Waals surface area contributed by atoms with Crippen LogP contribution in [0, 0.1) is 22.7 Å². The van der Waals surface area contributed by atoms with Crippen LogP contribution >= 0.6 is 0 Å². The van der Waals surface area contributed by atoms with E-state index in [2.05, 4.69) is 30.7 Å². The van der Waals surface area contributed by atoms with E-state index in [9.17, 15) is 10.4 Å². The minimum atomic E-state index is -0.676. The standard InChI is InChI=1S/C19H24N6O/c1-12(26)18-23-15-10-22-17-14(4-7-21-17)16(15)25(18)24-8-5-13(6-9-24)19(2,3)11-20/h4,7,10,12-13,26H,5-6,8-9H2,1-3H3,(H,21,22). The number of H-pyrrole nitrogens is 1. The lowest BCUT2D eigenvalue weighted by Gasteiger charge is -2.39. The molecule has 0 spiro atoms. The van der Waals surface area contributed by atoms with Gasteiger partial charge < -0.3 is 15.1 Å². The van der Waals surface area contributed by atoms with Crippen molar-refractivity contribution in [2.75, 3.05) is 18.1 Å². The Kier molecular flexibility index (Phi) is 3.88. The first-order chi connectivity index (χ1) is 12.4. The number of rotatable bonds is 3. The molecule has 4 rings (SSSR count). The van der Waals surface area contributed by atoms with Gasteiger partial charge in [-0.05, 0) is 45.6 Å². The van der Waals surface area contributed by atoms with Gasteiger partial charge in [0.05, 0.1) is 17.7 Å². The third-order valence-electron chi connectivity index (χ3n) is 5.64. The molecule has 1 aliphatic heterocycles. The fourth-order valence-electron chi connectivity index (χ4n) is 4.01. The molecule has 3 aromatic heterocycles. The lowest BCUT2D eigenvalue weighted by atomic mass is 9.75. The molecule has 1 fully saturated rings. The van der Waals surface area contributed by atoms with Crippen molar-refractivity contribution < 1.29 is 5.11 Å². The van der Waals surface area contributed by atoms with Gasteiger partial charge in [-0.1, -0.05) is 0 Å². The molecule has 0 radical (unpaired) electrons. The highest BCUT2D eigenvalue weighted by Gasteiger charge is 2.34. The van der Waals surface area contributed by atoms with Gasteiger partial charge in [0, 0.05) is 24.7 Å². The average Bonchev–Trinajstić information content (AvgIpc) is 3.25. The molecule has 7 heteroatoms.